The summed E-state index contributed by atoms with van der Waals surface area (Å²) in [5.41, 5.74) is 10.8. The van der Waals surface area contributed by atoms with Crippen LogP contribution in [0.4, 0.5) is 0 Å². The fourth-order valence-electron chi connectivity index (χ4n) is 5.08. The van der Waals surface area contributed by atoms with Crippen molar-refractivity contribution < 1.29 is 0 Å². The Hall–Kier alpha value is -3.39. The van der Waals surface area contributed by atoms with Crippen molar-refractivity contribution >= 4 is 5.57 Å². The summed E-state index contributed by atoms with van der Waals surface area (Å²) in [7, 11) is 0. The molecule has 2 nitrogen and oxygen atoms in total. The lowest BCUT2D eigenvalue weighted by Gasteiger charge is -2.24. The summed E-state index contributed by atoms with van der Waals surface area (Å²) in [6.45, 7) is 9.21. The Morgan fingerprint density at radius 3 is 2.18 bits per heavy atom. The standard InChI is InChI=1S/C32H34N2/c1-22(2)29-20-28(27-16-15-26(19-27)24-11-7-5-8-12-24)21-30(23(3)4)31(29)34-18-17-33-32(34)25-13-9-6-10-14-25/h6-7,9-18,20-23H,5,8,19H2,1-4H3. The van der Waals surface area contributed by atoms with Crippen LogP contribution in [-0.4, -0.2) is 9.55 Å². The second-order valence-corrected chi connectivity index (χ2v) is 10.00. The van der Waals surface area contributed by atoms with Gasteiger partial charge in [-0.1, -0.05) is 88.4 Å². The molecule has 34 heavy (non-hydrogen) atoms. The summed E-state index contributed by atoms with van der Waals surface area (Å²) in [5.74, 6) is 1.80. The Bertz CT molecular complexity index is 1280. The third kappa shape index (κ3) is 4.25. The van der Waals surface area contributed by atoms with Crippen molar-refractivity contribution in [1.29, 1.82) is 0 Å². The van der Waals surface area contributed by atoms with Crippen molar-refractivity contribution in [2.24, 2.45) is 0 Å². The van der Waals surface area contributed by atoms with Crippen molar-refractivity contribution in [2.45, 2.75) is 58.8 Å². The maximum atomic E-state index is 4.76. The van der Waals surface area contributed by atoms with Crippen LogP contribution < -0.4 is 0 Å². The predicted molar refractivity (Wildman–Crippen MR) is 144 cm³/mol. The smallest absolute Gasteiger partial charge is 0.144 e. The highest BCUT2D eigenvalue weighted by atomic mass is 15.1. The summed E-state index contributed by atoms with van der Waals surface area (Å²) in [4.78, 5) is 4.76. The fraction of sp³-hybridized carbons (Fsp3) is 0.281. The molecule has 5 rings (SSSR count). The van der Waals surface area contributed by atoms with Gasteiger partial charge in [-0.25, -0.2) is 4.98 Å². The molecule has 0 amide bonds. The molecule has 0 radical (unpaired) electrons. The van der Waals surface area contributed by atoms with Crippen molar-refractivity contribution in [2.75, 3.05) is 0 Å². The van der Waals surface area contributed by atoms with Crippen LogP contribution in [-0.2, 0) is 0 Å². The molecular weight excluding hydrogens is 412 g/mol. The van der Waals surface area contributed by atoms with E-state index in [1.54, 1.807) is 0 Å². The molecule has 2 aliphatic rings. The highest BCUT2D eigenvalue weighted by Gasteiger charge is 2.22. The van der Waals surface area contributed by atoms with E-state index in [4.69, 9.17) is 4.98 Å². The van der Waals surface area contributed by atoms with E-state index in [1.165, 1.54) is 39.1 Å². The maximum Gasteiger partial charge on any atom is 0.144 e. The lowest BCUT2D eigenvalue weighted by Crippen LogP contribution is -2.09. The number of hydrogen-bond acceptors (Lipinski definition) is 1. The Kier molecular flexibility index (Phi) is 6.24. The molecular formula is C32H34N2. The van der Waals surface area contributed by atoms with Gasteiger partial charge in [-0.15, -0.1) is 0 Å². The number of rotatable bonds is 6. The van der Waals surface area contributed by atoms with E-state index in [2.05, 4.69) is 111 Å². The van der Waals surface area contributed by atoms with Crippen LogP contribution in [0.3, 0.4) is 0 Å². The van der Waals surface area contributed by atoms with Crippen LogP contribution in [0.15, 0.2) is 96.4 Å². The first kappa shape index (κ1) is 22.4. The third-order valence-electron chi connectivity index (χ3n) is 6.93. The van der Waals surface area contributed by atoms with Crippen LogP contribution in [0.1, 0.15) is 75.5 Å². The average Bonchev–Trinajstić information content (AvgIpc) is 3.54. The number of hydrogen-bond donors (Lipinski definition) is 0. The molecule has 0 N–H and O–H groups in total. The Balaban J connectivity index is 1.59. The second kappa shape index (κ2) is 9.46. The number of allylic oxidation sites excluding steroid dienone is 8. The number of benzene rings is 2. The van der Waals surface area contributed by atoms with E-state index in [0.29, 0.717) is 11.8 Å². The zero-order valence-electron chi connectivity index (χ0n) is 20.8. The van der Waals surface area contributed by atoms with Gasteiger partial charge in [-0.05, 0) is 76.6 Å². The Morgan fingerprint density at radius 1 is 0.824 bits per heavy atom. The van der Waals surface area contributed by atoms with E-state index in [9.17, 15) is 0 Å². The van der Waals surface area contributed by atoms with E-state index in [-0.39, 0.29) is 0 Å². The van der Waals surface area contributed by atoms with Crippen LogP contribution >= 0.6 is 0 Å². The fourth-order valence-corrected chi connectivity index (χ4v) is 5.08. The van der Waals surface area contributed by atoms with Crippen LogP contribution in [0, 0.1) is 0 Å². The van der Waals surface area contributed by atoms with Gasteiger partial charge in [-0.3, -0.25) is 4.57 Å². The topological polar surface area (TPSA) is 17.8 Å². The lowest BCUT2D eigenvalue weighted by atomic mass is 9.87. The summed E-state index contributed by atoms with van der Waals surface area (Å²) in [6.07, 6.45) is 19.0. The van der Waals surface area contributed by atoms with E-state index in [1.807, 2.05) is 6.20 Å². The molecule has 0 saturated heterocycles. The van der Waals surface area contributed by atoms with Gasteiger partial charge in [0.15, 0.2) is 0 Å². The molecule has 1 heterocycles. The molecule has 0 unspecified atom stereocenters. The third-order valence-corrected chi connectivity index (χ3v) is 6.93. The molecule has 0 aliphatic heterocycles. The quantitative estimate of drug-likeness (QED) is 0.370. The summed E-state index contributed by atoms with van der Waals surface area (Å²) < 4.78 is 2.30. The highest BCUT2D eigenvalue weighted by molar-refractivity contribution is 5.77. The molecule has 2 aliphatic carbocycles. The van der Waals surface area contributed by atoms with Gasteiger partial charge < -0.3 is 0 Å². The SMILES string of the molecule is CC(C)c1cc(C2=CC=C(C3=CCCC=C3)C2)cc(C(C)C)c1-n1ccnc1-c1ccccc1. The monoisotopic (exact) mass is 446 g/mol. The first-order valence-corrected chi connectivity index (χ1v) is 12.6. The maximum absolute atomic E-state index is 4.76. The zero-order valence-corrected chi connectivity index (χ0v) is 20.8. The molecule has 3 aromatic rings. The summed E-state index contributed by atoms with van der Waals surface area (Å²) in [6, 6.07) is 15.4. The molecule has 0 saturated carbocycles. The minimum Gasteiger partial charge on any atom is -0.299 e. The van der Waals surface area contributed by atoms with Crippen LogP contribution in [0.2, 0.25) is 0 Å². The molecule has 0 spiro atoms. The van der Waals surface area contributed by atoms with Gasteiger partial charge in [0.1, 0.15) is 5.82 Å². The highest BCUT2D eigenvalue weighted by Crippen LogP contribution is 2.40. The van der Waals surface area contributed by atoms with Crippen LogP contribution in [0.25, 0.3) is 22.6 Å². The van der Waals surface area contributed by atoms with Crippen molar-refractivity contribution in [3.63, 3.8) is 0 Å². The molecule has 1 aromatic heterocycles. The zero-order chi connectivity index (χ0) is 23.7. The molecule has 0 atom stereocenters. The van der Waals surface area contributed by atoms with E-state index < -0.39 is 0 Å². The van der Waals surface area contributed by atoms with Gasteiger partial charge in [0.2, 0.25) is 0 Å². The number of imidazole rings is 1. The number of aromatic nitrogens is 2. The van der Waals surface area contributed by atoms with Gasteiger partial charge in [0.05, 0.1) is 5.69 Å². The molecule has 2 heteroatoms. The van der Waals surface area contributed by atoms with E-state index >= 15 is 0 Å². The molecule has 0 fully saturated rings. The number of nitrogens with zero attached hydrogens (tertiary/aromatic N) is 2. The van der Waals surface area contributed by atoms with Gasteiger partial charge >= 0.3 is 0 Å². The van der Waals surface area contributed by atoms with E-state index in [0.717, 1.165) is 30.7 Å². The molecule has 172 valence electrons. The second-order valence-electron chi connectivity index (χ2n) is 10.00. The van der Waals surface area contributed by atoms with Crippen molar-refractivity contribution in [3.8, 4) is 17.1 Å². The minimum absolute atomic E-state index is 0.400. The minimum atomic E-state index is 0.400. The van der Waals surface area contributed by atoms with Crippen molar-refractivity contribution in [1.82, 2.24) is 9.55 Å². The average molecular weight is 447 g/mol. The van der Waals surface area contributed by atoms with Crippen molar-refractivity contribution in [3.05, 3.63) is 113 Å². The summed E-state index contributed by atoms with van der Waals surface area (Å²) in [5, 5.41) is 0. The van der Waals surface area contributed by atoms with Gasteiger partial charge in [0.25, 0.3) is 0 Å². The first-order valence-electron chi connectivity index (χ1n) is 12.6. The van der Waals surface area contributed by atoms with Gasteiger partial charge in [0, 0.05) is 18.0 Å². The molecule has 2 aromatic carbocycles. The lowest BCUT2D eigenvalue weighted by molar-refractivity contribution is 0.805. The van der Waals surface area contributed by atoms with Gasteiger partial charge in [-0.2, -0.15) is 0 Å². The Morgan fingerprint density at radius 2 is 1.53 bits per heavy atom. The Labute approximate surface area is 204 Å². The summed E-state index contributed by atoms with van der Waals surface area (Å²) >= 11 is 0. The predicted octanol–water partition coefficient (Wildman–Crippen LogP) is 8.78. The largest absolute Gasteiger partial charge is 0.299 e. The first-order chi connectivity index (χ1) is 16.5. The van der Waals surface area contributed by atoms with Crippen LogP contribution in [0.5, 0.6) is 0 Å². The molecule has 0 bridgehead atoms. The normalized spacial score (nSPS) is 15.6.